The molecule has 0 aliphatic heterocycles. The van der Waals surface area contributed by atoms with Crippen LogP contribution in [-0.4, -0.2) is 30.4 Å². The summed E-state index contributed by atoms with van der Waals surface area (Å²) < 4.78 is 0. The number of fused-ring (bicyclic) bond motifs is 1. The van der Waals surface area contributed by atoms with E-state index in [1.165, 1.54) is 0 Å². The summed E-state index contributed by atoms with van der Waals surface area (Å²) in [5.74, 6) is 0.0773. The van der Waals surface area contributed by atoms with Crippen molar-refractivity contribution in [2.45, 2.75) is 13.8 Å². The molecule has 0 bridgehead atoms. The van der Waals surface area contributed by atoms with Gasteiger partial charge in [0.15, 0.2) is 0 Å². The summed E-state index contributed by atoms with van der Waals surface area (Å²) in [6.07, 6.45) is 0. The number of likely N-dealkylation sites (N-methyl/N-ethyl adjacent to an activating group) is 1. The lowest BCUT2D eigenvalue weighted by molar-refractivity contribution is -0.128. The summed E-state index contributed by atoms with van der Waals surface area (Å²) >= 11 is 0. The highest BCUT2D eigenvalue weighted by molar-refractivity contribution is 5.98. The lowest BCUT2D eigenvalue weighted by atomic mass is 10.0. The average molecular weight is 281 g/mol. The standard InChI is InChI=1S/C17H19N3O/c1-3-20(4-2)17(21)12-19-16-10-9-13(11-18)14-7-5-6-8-15(14)16/h5-10,19H,3-4,12H2,1-2H3. The maximum atomic E-state index is 12.0. The summed E-state index contributed by atoms with van der Waals surface area (Å²) in [5, 5.41) is 14.2. The Bertz CT molecular complexity index is 684. The van der Waals surface area contributed by atoms with E-state index in [4.69, 9.17) is 5.26 Å². The smallest absolute Gasteiger partial charge is 0.241 e. The summed E-state index contributed by atoms with van der Waals surface area (Å²) in [5.41, 5.74) is 1.52. The van der Waals surface area contributed by atoms with Gasteiger partial charge in [0.1, 0.15) is 0 Å². The molecular formula is C17H19N3O. The van der Waals surface area contributed by atoms with Crippen LogP contribution in [-0.2, 0) is 4.79 Å². The molecule has 0 heterocycles. The Morgan fingerprint density at radius 1 is 1.14 bits per heavy atom. The van der Waals surface area contributed by atoms with Crippen molar-refractivity contribution in [3.63, 3.8) is 0 Å². The van der Waals surface area contributed by atoms with Gasteiger partial charge in [0.25, 0.3) is 0 Å². The van der Waals surface area contributed by atoms with Crippen LogP contribution in [0.2, 0.25) is 0 Å². The lowest BCUT2D eigenvalue weighted by Gasteiger charge is -2.19. The molecular weight excluding hydrogens is 262 g/mol. The Labute approximate surface area is 125 Å². The summed E-state index contributed by atoms with van der Waals surface area (Å²) in [4.78, 5) is 13.8. The molecule has 0 aliphatic rings. The fourth-order valence-electron chi connectivity index (χ4n) is 2.41. The van der Waals surface area contributed by atoms with Crippen molar-refractivity contribution in [2.75, 3.05) is 25.0 Å². The molecule has 0 spiro atoms. The van der Waals surface area contributed by atoms with Gasteiger partial charge in [-0.25, -0.2) is 0 Å². The number of hydrogen-bond acceptors (Lipinski definition) is 3. The van der Waals surface area contributed by atoms with Gasteiger partial charge >= 0.3 is 0 Å². The van der Waals surface area contributed by atoms with Gasteiger partial charge in [-0.1, -0.05) is 24.3 Å². The first-order chi connectivity index (χ1) is 10.2. The number of anilines is 1. The number of carbonyl (C=O) groups excluding carboxylic acids is 1. The van der Waals surface area contributed by atoms with Crippen molar-refractivity contribution in [3.8, 4) is 6.07 Å². The Kier molecular flexibility index (Phi) is 4.78. The molecule has 1 amide bonds. The number of nitriles is 1. The molecule has 2 aromatic carbocycles. The quantitative estimate of drug-likeness (QED) is 0.916. The van der Waals surface area contributed by atoms with E-state index < -0.39 is 0 Å². The van der Waals surface area contributed by atoms with Crippen LogP contribution in [0.1, 0.15) is 19.4 Å². The van der Waals surface area contributed by atoms with Crippen LogP contribution in [0.25, 0.3) is 10.8 Å². The molecule has 0 saturated heterocycles. The van der Waals surface area contributed by atoms with E-state index in [9.17, 15) is 4.79 Å². The number of rotatable bonds is 5. The summed E-state index contributed by atoms with van der Waals surface area (Å²) in [7, 11) is 0. The maximum Gasteiger partial charge on any atom is 0.241 e. The third kappa shape index (κ3) is 3.14. The lowest BCUT2D eigenvalue weighted by Crippen LogP contribution is -2.35. The second-order valence-corrected chi connectivity index (χ2v) is 4.74. The first-order valence-electron chi connectivity index (χ1n) is 7.14. The minimum atomic E-state index is 0.0773. The highest BCUT2D eigenvalue weighted by atomic mass is 16.2. The van der Waals surface area contributed by atoms with E-state index in [0.29, 0.717) is 18.7 Å². The third-order valence-electron chi connectivity index (χ3n) is 3.59. The van der Waals surface area contributed by atoms with Gasteiger partial charge in [-0.05, 0) is 26.0 Å². The Balaban J connectivity index is 2.24. The number of carbonyl (C=O) groups is 1. The fourth-order valence-corrected chi connectivity index (χ4v) is 2.41. The van der Waals surface area contributed by atoms with Crippen LogP contribution >= 0.6 is 0 Å². The molecule has 0 radical (unpaired) electrons. The number of nitrogens with one attached hydrogen (secondary N) is 1. The molecule has 0 atom stereocenters. The fraction of sp³-hybridized carbons (Fsp3) is 0.294. The summed E-state index contributed by atoms with van der Waals surface area (Å²) in [6, 6.07) is 13.6. The van der Waals surface area contributed by atoms with Gasteiger partial charge in [0.2, 0.25) is 5.91 Å². The minimum Gasteiger partial charge on any atom is -0.376 e. The molecule has 108 valence electrons. The second-order valence-electron chi connectivity index (χ2n) is 4.74. The predicted molar refractivity (Wildman–Crippen MR) is 85.1 cm³/mol. The normalized spacial score (nSPS) is 10.1. The minimum absolute atomic E-state index is 0.0773. The third-order valence-corrected chi connectivity index (χ3v) is 3.59. The van der Waals surface area contributed by atoms with Crippen molar-refractivity contribution in [2.24, 2.45) is 0 Å². The molecule has 0 saturated carbocycles. The van der Waals surface area contributed by atoms with Crippen molar-refractivity contribution in [1.29, 1.82) is 5.26 Å². The molecule has 1 N–H and O–H groups in total. The van der Waals surface area contributed by atoms with Crippen molar-refractivity contribution in [1.82, 2.24) is 4.90 Å². The van der Waals surface area contributed by atoms with Crippen LogP contribution in [0.3, 0.4) is 0 Å². The topological polar surface area (TPSA) is 56.1 Å². The van der Waals surface area contributed by atoms with Crippen LogP contribution in [0, 0.1) is 11.3 Å². The summed E-state index contributed by atoms with van der Waals surface area (Å²) in [6.45, 7) is 5.63. The Hall–Kier alpha value is -2.54. The second kappa shape index (κ2) is 6.76. The highest BCUT2D eigenvalue weighted by Crippen LogP contribution is 2.26. The first kappa shape index (κ1) is 14.9. The van der Waals surface area contributed by atoms with Gasteiger partial charge in [0, 0.05) is 29.5 Å². The van der Waals surface area contributed by atoms with Crippen LogP contribution in [0.5, 0.6) is 0 Å². The molecule has 4 nitrogen and oxygen atoms in total. The van der Waals surface area contributed by atoms with E-state index in [2.05, 4.69) is 11.4 Å². The molecule has 2 rings (SSSR count). The van der Waals surface area contributed by atoms with Gasteiger partial charge in [-0.3, -0.25) is 4.79 Å². The molecule has 21 heavy (non-hydrogen) atoms. The van der Waals surface area contributed by atoms with Crippen molar-refractivity contribution < 1.29 is 4.79 Å². The number of amides is 1. The van der Waals surface area contributed by atoms with E-state index in [0.717, 1.165) is 16.5 Å². The highest BCUT2D eigenvalue weighted by Gasteiger charge is 2.10. The molecule has 2 aromatic rings. The molecule has 4 heteroatoms. The zero-order valence-corrected chi connectivity index (χ0v) is 12.4. The Morgan fingerprint density at radius 2 is 1.81 bits per heavy atom. The SMILES string of the molecule is CCN(CC)C(=O)CNc1ccc(C#N)c2ccccc12. The monoisotopic (exact) mass is 281 g/mol. The maximum absolute atomic E-state index is 12.0. The number of hydrogen-bond donors (Lipinski definition) is 1. The average Bonchev–Trinajstić information content (AvgIpc) is 2.53. The van der Waals surface area contributed by atoms with Crippen molar-refractivity contribution in [3.05, 3.63) is 42.0 Å². The van der Waals surface area contributed by atoms with E-state index >= 15 is 0 Å². The number of benzene rings is 2. The van der Waals surface area contributed by atoms with E-state index in [1.54, 1.807) is 11.0 Å². The molecule has 0 aliphatic carbocycles. The predicted octanol–water partition coefficient (Wildman–Crippen LogP) is 2.99. The Morgan fingerprint density at radius 3 is 2.43 bits per heavy atom. The van der Waals surface area contributed by atoms with Gasteiger partial charge in [-0.15, -0.1) is 0 Å². The van der Waals surface area contributed by atoms with E-state index in [1.807, 2.05) is 44.2 Å². The van der Waals surface area contributed by atoms with E-state index in [-0.39, 0.29) is 12.5 Å². The zero-order valence-electron chi connectivity index (χ0n) is 12.4. The first-order valence-corrected chi connectivity index (χ1v) is 7.14. The van der Waals surface area contributed by atoms with Gasteiger partial charge < -0.3 is 10.2 Å². The van der Waals surface area contributed by atoms with Crippen LogP contribution in [0.15, 0.2) is 36.4 Å². The molecule has 0 aromatic heterocycles. The van der Waals surface area contributed by atoms with Crippen molar-refractivity contribution >= 4 is 22.4 Å². The van der Waals surface area contributed by atoms with Crippen LogP contribution < -0.4 is 5.32 Å². The number of nitrogens with zero attached hydrogens (tertiary/aromatic N) is 2. The molecule has 0 fully saturated rings. The van der Waals surface area contributed by atoms with Gasteiger partial charge in [-0.2, -0.15) is 5.26 Å². The molecule has 0 unspecified atom stereocenters. The largest absolute Gasteiger partial charge is 0.376 e. The van der Waals surface area contributed by atoms with Gasteiger partial charge in [0.05, 0.1) is 18.2 Å². The zero-order chi connectivity index (χ0) is 15.2. The van der Waals surface area contributed by atoms with Crippen LogP contribution in [0.4, 0.5) is 5.69 Å².